The van der Waals surface area contributed by atoms with Gasteiger partial charge in [0, 0.05) is 0 Å². The molecule has 0 amide bonds. The highest BCUT2D eigenvalue weighted by molar-refractivity contribution is 7.19. The van der Waals surface area contributed by atoms with Gasteiger partial charge in [-0.15, -0.1) is 0 Å². The van der Waals surface area contributed by atoms with Gasteiger partial charge in [-0.3, -0.25) is 0 Å². The minimum Gasteiger partial charge on any atom is -0.0623 e. The Kier molecular flexibility index (Phi) is 6.24. The third-order valence-electron chi connectivity index (χ3n) is 6.38. The summed E-state index contributed by atoms with van der Waals surface area (Å²) < 4.78 is 0. The molecule has 0 saturated heterocycles. The van der Waals surface area contributed by atoms with Crippen LogP contribution in [0.3, 0.4) is 0 Å². The maximum Gasteiger partial charge on any atom is 0.179 e. The highest BCUT2D eigenvalue weighted by atomic mass is 28.3. The molecule has 0 heterocycles. The van der Waals surface area contributed by atoms with Gasteiger partial charge in [0.25, 0.3) is 0 Å². The van der Waals surface area contributed by atoms with Crippen LogP contribution < -0.4 is 20.7 Å². The van der Waals surface area contributed by atoms with Crippen molar-refractivity contribution in [3.63, 3.8) is 0 Å². The zero-order chi connectivity index (χ0) is 21.8. The van der Waals surface area contributed by atoms with Crippen LogP contribution in [0.25, 0.3) is 0 Å². The molecule has 1 heteroatoms. The highest BCUT2D eigenvalue weighted by Gasteiger charge is 2.41. The fourth-order valence-electron chi connectivity index (χ4n) is 4.90. The molecule has 4 rings (SSSR count). The zero-order valence-electron chi connectivity index (χ0n) is 19.0. The van der Waals surface area contributed by atoms with Gasteiger partial charge in [0.05, 0.1) is 0 Å². The van der Waals surface area contributed by atoms with Crippen molar-refractivity contribution in [1.82, 2.24) is 0 Å². The summed E-state index contributed by atoms with van der Waals surface area (Å²) in [6, 6.07) is 40.8. The van der Waals surface area contributed by atoms with Crippen molar-refractivity contribution in [3.05, 3.63) is 120 Å². The lowest BCUT2D eigenvalue weighted by atomic mass is 9.91. The molecule has 31 heavy (non-hydrogen) atoms. The van der Waals surface area contributed by atoms with E-state index in [0.29, 0.717) is 11.8 Å². The third kappa shape index (κ3) is 3.91. The summed E-state index contributed by atoms with van der Waals surface area (Å²) in [7, 11) is -2.43. The van der Waals surface area contributed by atoms with E-state index in [1.54, 1.807) is 0 Å². The lowest BCUT2D eigenvalue weighted by Crippen LogP contribution is -2.74. The number of benzene rings is 4. The summed E-state index contributed by atoms with van der Waals surface area (Å²) >= 11 is 0. The van der Waals surface area contributed by atoms with Gasteiger partial charge in [-0.1, -0.05) is 137 Å². The predicted octanol–water partition coefficient (Wildman–Crippen LogP) is 5.31. The Labute approximate surface area is 188 Å². The van der Waals surface area contributed by atoms with E-state index in [0.717, 1.165) is 0 Å². The van der Waals surface area contributed by atoms with Crippen LogP contribution in [0.5, 0.6) is 0 Å². The molecule has 0 unspecified atom stereocenters. The van der Waals surface area contributed by atoms with E-state index in [4.69, 9.17) is 0 Å². The first-order chi connectivity index (χ1) is 15.0. The van der Waals surface area contributed by atoms with E-state index in [1.807, 2.05) is 0 Å². The van der Waals surface area contributed by atoms with Gasteiger partial charge in [-0.25, -0.2) is 0 Å². The molecule has 0 atom stereocenters. The lowest BCUT2D eigenvalue weighted by Gasteiger charge is -2.35. The molecule has 0 saturated carbocycles. The van der Waals surface area contributed by atoms with Gasteiger partial charge < -0.3 is 0 Å². The van der Waals surface area contributed by atoms with Crippen LogP contribution in [0.1, 0.15) is 50.7 Å². The summed E-state index contributed by atoms with van der Waals surface area (Å²) in [5, 5.41) is 5.75. The Balaban J connectivity index is 2.12. The van der Waals surface area contributed by atoms with Crippen LogP contribution in [0.15, 0.2) is 109 Å². The van der Waals surface area contributed by atoms with Crippen LogP contribution in [-0.2, 0) is 0 Å². The number of rotatable bonds is 6. The predicted molar refractivity (Wildman–Crippen MR) is 138 cm³/mol. The van der Waals surface area contributed by atoms with Crippen molar-refractivity contribution in [2.45, 2.75) is 39.5 Å². The Hall–Kier alpha value is -2.90. The molecule has 0 spiro atoms. The third-order valence-corrected chi connectivity index (χ3v) is 11.2. The van der Waals surface area contributed by atoms with Gasteiger partial charge >= 0.3 is 0 Å². The van der Waals surface area contributed by atoms with Gasteiger partial charge in [0.15, 0.2) is 8.07 Å². The molecule has 0 aliphatic carbocycles. The summed E-state index contributed by atoms with van der Waals surface area (Å²) in [6.07, 6.45) is 0. The first-order valence-corrected chi connectivity index (χ1v) is 13.4. The highest BCUT2D eigenvalue weighted by Crippen LogP contribution is 2.26. The molecule has 0 N–H and O–H groups in total. The van der Waals surface area contributed by atoms with E-state index in [2.05, 4.69) is 137 Å². The minimum atomic E-state index is -2.43. The first kappa shape index (κ1) is 21.3. The van der Waals surface area contributed by atoms with Crippen LogP contribution in [0.2, 0.25) is 0 Å². The van der Waals surface area contributed by atoms with E-state index in [-0.39, 0.29) is 0 Å². The average Bonchev–Trinajstić information content (AvgIpc) is 2.81. The van der Waals surface area contributed by atoms with Gasteiger partial charge in [-0.05, 0) is 43.7 Å². The van der Waals surface area contributed by atoms with E-state index >= 15 is 0 Å². The Morgan fingerprint density at radius 1 is 0.419 bits per heavy atom. The second-order valence-electron chi connectivity index (χ2n) is 9.00. The summed E-state index contributed by atoms with van der Waals surface area (Å²) in [5.74, 6) is 1.01. The summed E-state index contributed by atoms with van der Waals surface area (Å²) in [5.41, 5.74) is 2.95. The van der Waals surface area contributed by atoms with Gasteiger partial charge in [0.1, 0.15) is 0 Å². The maximum atomic E-state index is 2.53. The molecule has 156 valence electrons. The smallest absolute Gasteiger partial charge is 0.0623 e. The molecule has 4 aromatic rings. The second-order valence-corrected chi connectivity index (χ2v) is 12.8. The minimum absolute atomic E-state index is 0.492. The molecule has 0 radical (unpaired) electrons. The normalized spacial score (nSPS) is 11.8. The Morgan fingerprint density at radius 3 is 1.16 bits per heavy atom. The number of hydrogen-bond donors (Lipinski definition) is 0. The molecule has 0 aromatic heterocycles. The molecular formula is C30H32Si. The average molecular weight is 421 g/mol. The largest absolute Gasteiger partial charge is 0.179 e. The van der Waals surface area contributed by atoms with Gasteiger partial charge in [-0.2, -0.15) is 0 Å². The fourth-order valence-corrected chi connectivity index (χ4v) is 9.68. The molecule has 0 aliphatic heterocycles. The van der Waals surface area contributed by atoms with Crippen molar-refractivity contribution in [2.75, 3.05) is 0 Å². The fraction of sp³-hybridized carbons (Fsp3) is 0.200. The molecule has 0 nitrogen and oxygen atoms in total. The standard InChI is InChI=1S/C30H32Si/c1-23(2)29-21-20-28(22-30(29)24(3)4)31(25-14-8-5-9-15-25,26-16-10-6-11-17-26)27-18-12-7-13-19-27/h5-24H,1-4H3. The quantitative estimate of drug-likeness (QED) is 0.293. The van der Waals surface area contributed by atoms with Crippen LogP contribution >= 0.6 is 0 Å². The zero-order valence-corrected chi connectivity index (χ0v) is 20.0. The monoisotopic (exact) mass is 420 g/mol. The molecule has 0 aliphatic rings. The summed E-state index contributed by atoms with van der Waals surface area (Å²) in [4.78, 5) is 0. The van der Waals surface area contributed by atoms with Crippen molar-refractivity contribution < 1.29 is 0 Å². The van der Waals surface area contributed by atoms with Crippen molar-refractivity contribution in [2.24, 2.45) is 0 Å². The van der Waals surface area contributed by atoms with Crippen LogP contribution in [0.4, 0.5) is 0 Å². The summed E-state index contributed by atoms with van der Waals surface area (Å²) in [6.45, 7) is 9.25. The van der Waals surface area contributed by atoms with E-state index in [9.17, 15) is 0 Å². The van der Waals surface area contributed by atoms with Gasteiger partial charge in [0.2, 0.25) is 0 Å². The van der Waals surface area contributed by atoms with Crippen LogP contribution in [-0.4, -0.2) is 8.07 Å². The van der Waals surface area contributed by atoms with E-state index in [1.165, 1.54) is 31.9 Å². The topological polar surface area (TPSA) is 0 Å². The molecule has 4 aromatic carbocycles. The van der Waals surface area contributed by atoms with Crippen molar-refractivity contribution >= 4 is 28.8 Å². The van der Waals surface area contributed by atoms with Crippen LogP contribution in [0, 0.1) is 0 Å². The Morgan fingerprint density at radius 2 is 0.806 bits per heavy atom. The lowest BCUT2D eigenvalue weighted by molar-refractivity contribution is 0.791. The van der Waals surface area contributed by atoms with Crippen molar-refractivity contribution in [1.29, 1.82) is 0 Å². The number of hydrogen-bond acceptors (Lipinski definition) is 0. The molecule has 0 bridgehead atoms. The van der Waals surface area contributed by atoms with E-state index < -0.39 is 8.07 Å². The maximum absolute atomic E-state index is 2.53. The molecule has 0 fully saturated rings. The SMILES string of the molecule is CC(C)c1ccc([Si](c2ccccc2)(c2ccccc2)c2ccccc2)cc1C(C)C. The Bertz CT molecular complexity index is 1020. The second kappa shape index (κ2) is 9.07. The first-order valence-electron chi connectivity index (χ1n) is 11.4. The molecular weight excluding hydrogens is 388 g/mol. The van der Waals surface area contributed by atoms with Crippen molar-refractivity contribution in [3.8, 4) is 0 Å².